The lowest BCUT2D eigenvalue weighted by atomic mass is 10.2. The van der Waals surface area contributed by atoms with Crippen molar-refractivity contribution in [3.63, 3.8) is 0 Å². The molecular weight excluding hydrogens is 500 g/mol. The van der Waals surface area contributed by atoms with Gasteiger partial charge in [-0.25, -0.2) is 4.98 Å². The molecule has 0 aliphatic carbocycles. The molecule has 2 saturated heterocycles. The number of ether oxygens (including phenoxy) is 1. The summed E-state index contributed by atoms with van der Waals surface area (Å²) in [6.07, 6.45) is 2.92. The molecule has 7 rings (SSSR count). The van der Waals surface area contributed by atoms with E-state index in [1.54, 1.807) is 10.6 Å². The second-order valence-corrected chi connectivity index (χ2v) is 10.9. The van der Waals surface area contributed by atoms with Crippen molar-refractivity contribution >= 4 is 44.3 Å². The minimum Gasteiger partial charge on any atom is -0.379 e. The molecule has 9 nitrogen and oxygen atoms in total. The lowest BCUT2D eigenvalue weighted by Crippen LogP contribution is -2.49. The van der Waals surface area contributed by atoms with Crippen molar-refractivity contribution in [1.82, 2.24) is 24.3 Å². The minimum absolute atomic E-state index is 0.0849. The molecule has 0 bridgehead atoms. The first-order chi connectivity index (χ1) is 18.5. The number of para-hydroxylation sites is 1. The van der Waals surface area contributed by atoms with Crippen LogP contribution < -0.4 is 16.6 Å². The summed E-state index contributed by atoms with van der Waals surface area (Å²) in [7, 11) is 0. The monoisotopic (exact) mass is 526 g/mol. The third-order valence-electron chi connectivity index (χ3n) is 7.46. The number of fused-ring (bicyclic) bond motifs is 2. The first kappa shape index (κ1) is 23.2. The fourth-order valence-corrected chi connectivity index (χ4v) is 6.29. The van der Waals surface area contributed by atoms with Gasteiger partial charge in [-0.3, -0.25) is 19.1 Å². The Morgan fingerprint density at radius 2 is 1.89 bits per heavy atom. The Labute approximate surface area is 222 Å². The molecule has 5 aromatic rings. The van der Waals surface area contributed by atoms with Crippen LogP contribution in [0.25, 0.3) is 32.6 Å². The molecule has 0 spiro atoms. The second-order valence-electron chi connectivity index (χ2n) is 9.85. The number of nitrogens with two attached hydrogens (primary N) is 1. The van der Waals surface area contributed by atoms with Gasteiger partial charge in [-0.05, 0) is 42.8 Å². The number of nitrogens with one attached hydrogen (secondary N) is 1. The van der Waals surface area contributed by atoms with Crippen LogP contribution in [0.3, 0.4) is 0 Å². The van der Waals surface area contributed by atoms with E-state index in [4.69, 9.17) is 10.5 Å². The van der Waals surface area contributed by atoms with Crippen LogP contribution >= 0.6 is 11.3 Å². The fourth-order valence-electron chi connectivity index (χ4n) is 5.36. The zero-order valence-corrected chi connectivity index (χ0v) is 21.4. The van der Waals surface area contributed by atoms with Crippen LogP contribution in [0.4, 0.5) is 5.82 Å². The van der Waals surface area contributed by atoms with E-state index in [9.17, 15) is 9.59 Å². The molecule has 3 aromatic heterocycles. The number of thiophene rings is 1. The van der Waals surface area contributed by atoms with Crippen molar-refractivity contribution in [2.75, 3.05) is 32.0 Å². The van der Waals surface area contributed by atoms with Gasteiger partial charge in [-0.2, -0.15) is 0 Å². The van der Waals surface area contributed by atoms with Crippen molar-refractivity contribution in [2.24, 2.45) is 0 Å². The van der Waals surface area contributed by atoms with Gasteiger partial charge >= 0.3 is 0 Å². The highest BCUT2D eigenvalue weighted by molar-refractivity contribution is 7.20. The van der Waals surface area contributed by atoms with Crippen LogP contribution in [0.15, 0.2) is 71.7 Å². The summed E-state index contributed by atoms with van der Waals surface area (Å²) in [5.74, 6) is -0.255. The SMILES string of the molecule is Nc1nc2sc(C(=O)N[C@H]3CCN(C4COC4)C3)cc2n(-c2ccc3ccn(-c4ccccc4)c3c2)c1=O. The van der Waals surface area contributed by atoms with E-state index in [1.165, 1.54) is 11.3 Å². The fraction of sp³-hybridized carbons (Fsp3) is 0.250. The molecule has 1 atom stereocenters. The molecule has 0 unspecified atom stereocenters. The van der Waals surface area contributed by atoms with Gasteiger partial charge in [0.2, 0.25) is 0 Å². The van der Waals surface area contributed by atoms with E-state index in [1.807, 2.05) is 60.8 Å². The molecule has 0 radical (unpaired) electrons. The predicted molar refractivity (Wildman–Crippen MR) is 149 cm³/mol. The van der Waals surface area contributed by atoms with Crippen molar-refractivity contribution in [3.8, 4) is 11.4 Å². The molecule has 1 amide bonds. The van der Waals surface area contributed by atoms with Crippen molar-refractivity contribution in [2.45, 2.75) is 18.5 Å². The van der Waals surface area contributed by atoms with Gasteiger partial charge in [0, 0.05) is 36.4 Å². The Morgan fingerprint density at radius 1 is 1.05 bits per heavy atom. The van der Waals surface area contributed by atoms with Gasteiger partial charge in [0.1, 0.15) is 4.83 Å². The van der Waals surface area contributed by atoms with Gasteiger partial charge in [-0.15, -0.1) is 11.3 Å². The zero-order valence-electron chi connectivity index (χ0n) is 20.5. The van der Waals surface area contributed by atoms with E-state index >= 15 is 0 Å². The third-order valence-corrected chi connectivity index (χ3v) is 8.48. The lowest BCUT2D eigenvalue weighted by Gasteiger charge is -2.34. The molecule has 2 fully saturated rings. The average Bonchev–Trinajstić information content (AvgIpc) is 3.63. The molecule has 192 valence electrons. The van der Waals surface area contributed by atoms with E-state index < -0.39 is 5.56 Å². The molecule has 10 heteroatoms. The number of hydrogen-bond donors (Lipinski definition) is 2. The molecule has 5 heterocycles. The first-order valence-electron chi connectivity index (χ1n) is 12.7. The standard InChI is InChI=1S/C28H26N6O3S/c29-25-28(36)34(20-7-6-17-8-11-33(22(17)12-20)19-4-2-1-3-5-19)23-13-24(38-27(23)31-25)26(35)30-18-9-10-32(14-18)21-15-37-16-21/h1-8,11-13,18,21H,9-10,14-16H2,(H2,29,31)(H,30,35)/t18-/m0/s1. The van der Waals surface area contributed by atoms with Crippen LogP contribution in [-0.4, -0.2) is 63.3 Å². The van der Waals surface area contributed by atoms with Crippen LogP contribution in [0, 0.1) is 0 Å². The molecular formula is C28H26N6O3S. The Kier molecular flexibility index (Phi) is 5.54. The number of aromatic nitrogens is 3. The van der Waals surface area contributed by atoms with Crippen LogP contribution in [0.2, 0.25) is 0 Å². The van der Waals surface area contributed by atoms with Crippen LogP contribution in [0.5, 0.6) is 0 Å². The second kappa shape index (κ2) is 9.09. The van der Waals surface area contributed by atoms with Gasteiger partial charge in [0.05, 0.1) is 40.9 Å². The number of amides is 1. The Morgan fingerprint density at radius 3 is 2.68 bits per heavy atom. The number of nitrogen functional groups attached to an aromatic ring is 1. The first-order valence-corrected chi connectivity index (χ1v) is 13.5. The van der Waals surface area contributed by atoms with Gasteiger partial charge in [0.15, 0.2) is 5.82 Å². The quantitative estimate of drug-likeness (QED) is 0.364. The van der Waals surface area contributed by atoms with Gasteiger partial charge in [0.25, 0.3) is 11.5 Å². The van der Waals surface area contributed by atoms with E-state index in [0.717, 1.165) is 49.3 Å². The number of benzene rings is 2. The maximum atomic E-state index is 13.3. The van der Waals surface area contributed by atoms with E-state index in [2.05, 4.69) is 19.8 Å². The molecule has 38 heavy (non-hydrogen) atoms. The summed E-state index contributed by atoms with van der Waals surface area (Å²) in [5.41, 5.74) is 8.86. The Bertz CT molecular complexity index is 1740. The molecule has 2 aliphatic rings. The van der Waals surface area contributed by atoms with Crippen molar-refractivity contribution < 1.29 is 9.53 Å². The summed E-state index contributed by atoms with van der Waals surface area (Å²) >= 11 is 1.25. The van der Waals surface area contributed by atoms with E-state index in [0.29, 0.717) is 27.0 Å². The summed E-state index contributed by atoms with van der Waals surface area (Å²) in [4.78, 5) is 34.2. The zero-order chi connectivity index (χ0) is 25.8. The number of carbonyl (C=O) groups is 1. The molecule has 2 aromatic carbocycles. The summed E-state index contributed by atoms with van der Waals surface area (Å²) in [6.45, 7) is 3.31. The molecule has 3 N–H and O–H groups in total. The highest BCUT2D eigenvalue weighted by Gasteiger charge is 2.33. The minimum atomic E-state index is -0.409. The highest BCUT2D eigenvalue weighted by atomic mass is 32.1. The normalized spacial score (nSPS) is 18.3. The largest absolute Gasteiger partial charge is 0.379 e. The van der Waals surface area contributed by atoms with Crippen LogP contribution in [0.1, 0.15) is 16.1 Å². The number of likely N-dealkylation sites (tertiary alicyclic amines) is 1. The summed E-state index contributed by atoms with van der Waals surface area (Å²) in [6, 6.07) is 20.2. The molecule has 2 aliphatic heterocycles. The lowest BCUT2D eigenvalue weighted by molar-refractivity contribution is -0.0574. The van der Waals surface area contributed by atoms with Crippen LogP contribution in [-0.2, 0) is 4.74 Å². The topological polar surface area (TPSA) is 107 Å². The Balaban J connectivity index is 1.25. The molecule has 0 saturated carbocycles. The number of nitrogens with zero attached hydrogens (tertiary/aromatic N) is 4. The van der Waals surface area contributed by atoms with Gasteiger partial charge in [-0.1, -0.05) is 24.3 Å². The third kappa shape index (κ3) is 3.89. The average molecular weight is 527 g/mol. The van der Waals surface area contributed by atoms with Crippen molar-refractivity contribution in [1.29, 1.82) is 0 Å². The highest BCUT2D eigenvalue weighted by Crippen LogP contribution is 2.29. The van der Waals surface area contributed by atoms with Gasteiger partial charge < -0.3 is 20.4 Å². The number of anilines is 1. The predicted octanol–water partition coefficient (Wildman–Crippen LogP) is 3.18. The number of carbonyl (C=O) groups excluding carboxylic acids is 1. The van der Waals surface area contributed by atoms with Crippen molar-refractivity contribution in [3.05, 3.63) is 82.1 Å². The Hall–Kier alpha value is -3.99. The maximum absolute atomic E-state index is 13.3. The van der Waals surface area contributed by atoms with E-state index in [-0.39, 0.29) is 17.8 Å². The summed E-state index contributed by atoms with van der Waals surface area (Å²) in [5, 5.41) is 4.21. The smallest absolute Gasteiger partial charge is 0.298 e. The summed E-state index contributed by atoms with van der Waals surface area (Å²) < 4.78 is 8.95. The number of hydrogen-bond acceptors (Lipinski definition) is 7. The number of rotatable bonds is 5. The maximum Gasteiger partial charge on any atom is 0.298 e.